The number of urea groups is 1. The first-order chi connectivity index (χ1) is 15.7. The summed E-state index contributed by atoms with van der Waals surface area (Å²) in [5.41, 5.74) is 0.491. The number of para-hydroxylation sites is 1. The fourth-order valence-corrected chi connectivity index (χ4v) is 4.15. The summed E-state index contributed by atoms with van der Waals surface area (Å²) in [5, 5.41) is 2.54. The first-order valence-electron chi connectivity index (χ1n) is 10.0. The molecule has 0 saturated heterocycles. The Labute approximate surface area is 200 Å². The van der Waals surface area contributed by atoms with Crippen LogP contribution in [0.4, 0.5) is 29.3 Å². The van der Waals surface area contributed by atoms with Crippen molar-refractivity contribution in [2.75, 3.05) is 15.9 Å². The second-order valence-corrected chi connectivity index (χ2v) is 10.3. The monoisotopic (exact) mass is 516 g/mol. The summed E-state index contributed by atoms with van der Waals surface area (Å²) in [6.45, 7) is 3.66. The number of imidazole rings is 1. The number of carbonyl (C=O) groups is 1. The van der Waals surface area contributed by atoms with Gasteiger partial charge < -0.3 is 14.6 Å². The predicted octanol–water partition coefficient (Wildman–Crippen LogP) is 4.98. The molecule has 0 atom stereocenters. The summed E-state index contributed by atoms with van der Waals surface area (Å²) >= 11 is 4.22. The van der Waals surface area contributed by atoms with E-state index in [0.717, 1.165) is 15.1 Å². The lowest BCUT2D eigenvalue weighted by atomic mass is 10.2. The lowest BCUT2D eigenvalue weighted by molar-refractivity contribution is -0.140. The molecule has 3 rings (SSSR count). The molecule has 34 heavy (non-hydrogen) atoms. The normalized spacial score (nSPS) is 12.3. The summed E-state index contributed by atoms with van der Waals surface area (Å²) in [6, 6.07) is 7.66. The van der Waals surface area contributed by atoms with E-state index >= 15 is 0 Å². The second kappa shape index (κ2) is 9.37. The fraction of sp³-hybridized carbons (Fsp3) is 0.333. The number of alkyl halides is 3. The Kier molecular flexibility index (Phi) is 7.08. The van der Waals surface area contributed by atoms with Crippen LogP contribution >= 0.6 is 12.8 Å². The fourth-order valence-electron chi connectivity index (χ4n) is 3.30. The number of nitrogens with one attached hydrogen (secondary N) is 1. The van der Waals surface area contributed by atoms with Crippen molar-refractivity contribution in [2.45, 2.75) is 44.5 Å². The van der Waals surface area contributed by atoms with Crippen LogP contribution in [0.1, 0.15) is 19.7 Å². The quantitative estimate of drug-likeness (QED) is 0.451. The molecule has 13 heteroatoms. The van der Waals surface area contributed by atoms with Gasteiger partial charge in [-0.1, -0.05) is 18.9 Å². The zero-order valence-corrected chi connectivity index (χ0v) is 20.4. The molecule has 1 aromatic heterocycles. The van der Waals surface area contributed by atoms with Gasteiger partial charge in [-0.25, -0.2) is 22.5 Å². The number of aryl methyl sites for hydroxylation is 1. The third-order valence-electron chi connectivity index (χ3n) is 4.68. The van der Waals surface area contributed by atoms with Crippen molar-refractivity contribution in [1.82, 2.24) is 9.55 Å². The highest BCUT2D eigenvalue weighted by atomic mass is 32.2. The molecule has 1 heterocycles. The zero-order valence-electron chi connectivity index (χ0n) is 18.7. The molecule has 2 amide bonds. The van der Waals surface area contributed by atoms with E-state index in [1.54, 1.807) is 19.9 Å². The zero-order chi connectivity index (χ0) is 25.4. The summed E-state index contributed by atoms with van der Waals surface area (Å²) in [6.07, 6.45) is -3.77. The van der Waals surface area contributed by atoms with Crippen molar-refractivity contribution >= 4 is 51.1 Å². The molecule has 0 aliphatic rings. The van der Waals surface area contributed by atoms with Gasteiger partial charge in [-0.15, -0.1) is 0 Å². The van der Waals surface area contributed by atoms with Crippen LogP contribution in [0.2, 0.25) is 0 Å². The average molecular weight is 517 g/mol. The lowest BCUT2D eigenvalue weighted by Crippen LogP contribution is -2.28. The molecule has 0 bridgehead atoms. The maximum Gasteiger partial charge on any atom is 0.406 e. The van der Waals surface area contributed by atoms with Crippen LogP contribution in [0.15, 0.2) is 41.3 Å². The van der Waals surface area contributed by atoms with E-state index in [2.05, 4.69) is 23.1 Å². The number of thiol groups is 1. The summed E-state index contributed by atoms with van der Waals surface area (Å²) in [7, 11) is -3.60. The molecule has 0 fully saturated rings. The smallest absolute Gasteiger partial charge is 0.406 e. The molecule has 0 saturated carbocycles. The van der Waals surface area contributed by atoms with Gasteiger partial charge in [0.05, 0.1) is 27.7 Å². The standard InChI is InChI=1S/C21H23F3N4O4S2/c1-12(2)32-18-9-8-14(34(4,30)31)10-17(18)28(33)20(29)26-16-7-5-6-15-19(16)27(13(3)25-15)11-21(22,23)24/h5-10,12,33H,11H2,1-4H3,(H,26,29). The number of rotatable bonds is 6. The number of halogens is 3. The largest absolute Gasteiger partial charge is 0.489 e. The van der Waals surface area contributed by atoms with Crippen LogP contribution in [0.5, 0.6) is 5.75 Å². The maximum atomic E-state index is 13.1. The van der Waals surface area contributed by atoms with Crippen molar-refractivity contribution in [3.05, 3.63) is 42.2 Å². The molecule has 0 aliphatic heterocycles. The van der Waals surface area contributed by atoms with Crippen molar-refractivity contribution in [3.63, 3.8) is 0 Å². The highest BCUT2D eigenvalue weighted by molar-refractivity contribution is 7.90. The van der Waals surface area contributed by atoms with Crippen molar-refractivity contribution in [2.24, 2.45) is 0 Å². The molecular weight excluding hydrogens is 493 g/mol. The van der Waals surface area contributed by atoms with Gasteiger partial charge >= 0.3 is 12.2 Å². The van der Waals surface area contributed by atoms with Crippen molar-refractivity contribution < 1.29 is 31.1 Å². The van der Waals surface area contributed by atoms with E-state index in [1.165, 1.54) is 37.3 Å². The van der Waals surface area contributed by atoms with E-state index in [9.17, 15) is 26.4 Å². The van der Waals surface area contributed by atoms with Crippen LogP contribution in [-0.2, 0) is 16.4 Å². The molecular formula is C21H23F3N4O4S2. The van der Waals surface area contributed by atoms with E-state index in [4.69, 9.17) is 4.74 Å². The van der Waals surface area contributed by atoms with Gasteiger partial charge in [-0.05, 0) is 51.1 Å². The molecule has 0 spiro atoms. The lowest BCUT2D eigenvalue weighted by Gasteiger charge is -2.22. The average Bonchev–Trinajstić information content (AvgIpc) is 3.01. The molecule has 1 N–H and O–H groups in total. The number of anilines is 2. The van der Waals surface area contributed by atoms with Gasteiger partial charge in [0, 0.05) is 6.26 Å². The van der Waals surface area contributed by atoms with Gasteiger partial charge in [0.2, 0.25) is 0 Å². The Morgan fingerprint density at radius 2 is 1.94 bits per heavy atom. The molecule has 184 valence electrons. The van der Waals surface area contributed by atoms with E-state index in [-0.39, 0.29) is 45.0 Å². The van der Waals surface area contributed by atoms with Gasteiger partial charge in [0.15, 0.2) is 9.84 Å². The van der Waals surface area contributed by atoms with E-state index < -0.39 is 28.6 Å². The Morgan fingerprint density at radius 1 is 1.26 bits per heavy atom. The van der Waals surface area contributed by atoms with Crippen LogP contribution in [0.25, 0.3) is 11.0 Å². The Bertz CT molecular complexity index is 1340. The molecule has 2 aromatic carbocycles. The maximum absolute atomic E-state index is 13.1. The van der Waals surface area contributed by atoms with Crippen LogP contribution in [0.3, 0.4) is 0 Å². The number of carbonyl (C=O) groups excluding carboxylic acids is 1. The number of aromatic nitrogens is 2. The number of hydrogen-bond donors (Lipinski definition) is 2. The summed E-state index contributed by atoms with van der Waals surface area (Å²) in [5.74, 6) is 0.328. The third kappa shape index (κ3) is 5.76. The van der Waals surface area contributed by atoms with Crippen molar-refractivity contribution in [3.8, 4) is 5.75 Å². The number of fused-ring (bicyclic) bond motifs is 1. The third-order valence-corrected chi connectivity index (χ3v) is 6.19. The van der Waals surface area contributed by atoms with Gasteiger partial charge in [0.25, 0.3) is 0 Å². The van der Waals surface area contributed by atoms with E-state index in [0.29, 0.717) is 0 Å². The predicted molar refractivity (Wildman–Crippen MR) is 126 cm³/mol. The SMILES string of the molecule is Cc1nc2cccc(NC(=O)N(S)c3cc(S(C)(=O)=O)ccc3OC(C)C)c2n1CC(F)(F)F. The minimum absolute atomic E-state index is 0.0459. The van der Waals surface area contributed by atoms with E-state index in [1.807, 2.05) is 0 Å². The van der Waals surface area contributed by atoms with Crippen LogP contribution in [-0.4, -0.2) is 42.5 Å². The Balaban J connectivity index is 2.02. The number of benzene rings is 2. The molecule has 0 aliphatic carbocycles. The van der Waals surface area contributed by atoms with Crippen LogP contribution < -0.4 is 14.4 Å². The van der Waals surface area contributed by atoms with Gasteiger partial charge in [-0.2, -0.15) is 13.2 Å². The molecule has 8 nitrogen and oxygen atoms in total. The summed E-state index contributed by atoms with van der Waals surface area (Å²) in [4.78, 5) is 17.1. The number of nitrogens with zero attached hydrogens (tertiary/aromatic N) is 3. The number of sulfone groups is 1. The number of hydrogen-bond acceptors (Lipinski definition) is 6. The molecule has 0 radical (unpaired) electrons. The van der Waals surface area contributed by atoms with Crippen LogP contribution in [0, 0.1) is 6.92 Å². The number of amides is 2. The highest BCUT2D eigenvalue weighted by Crippen LogP contribution is 2.34. The summed E-state index contributed by atoms with van der Waals surface area (Å²) < 4.78 is 70.9. The second-order valence-electron chi connectivity index (χ2n) is 7.84. The first kappa shape index (κ1) is 25.7. The minimum atomic E-state index is -4.50. The Morgan fingerprint density at radius 3 is 2.53 bits per heavy atom. The number of ether oxygens (including phenoxy) is 1. The van der Waals surface area contributed by atoms with Gasteiger partial charge in [0.1, 0.15) is 23.8 Å². The minimum Gasteiger partial charge on any atom is -0.489 e. The Hall–Kier alpha value is -2.93. The van der Waals surface area contributed by atoms with Gasteiger partial charge in [-0.3, -0.25) is 0 Å². The molecule has 0 unspecified atom stereocenters. The topological polar surface area (TPSA) is 93.5 Å². The highest BCUT2D eigenvalue weighted by Gasteiger charge is 2.30. The molecule has 3 aromatic rings. The first-order valence-corrected chi connectivity index (χ1v) is 12.3. The van der Waals surface area contributed by atoms with Crippen molar-refractivity contribution in [1.29, 1.82) is 0 Å².